The van der Waals surface area contributed by atoms with E-state index in [1.165, 1.54) is 25.7 Å². The number of carbonyl (C=O) groups is 2. The number of unbranched alkanes of at least 4 members (excludes halogenated alkanes) is 4. The van der Waals surface area contributed by atoms with Gasteiger partial charge in [-0.3, -0.25) is 9.59 Å². The number of hydrogen-bond acceptors (Lipinski definition) is 10. The summed E-state index contributed by atoms with van der Waals surface area (Å²) in [5, 5.41) is 9.60. The fraction of sp³-hybridized carbons (Fsp3) is 0.958. The van der Waals surface area contributed by atoms with Crippen LogP contribution >= 0.6 is 0 Å². The highest BCUT2D eigenvalue weighted by atomic mass is 16.7. The van der Waals surface area contributed by atoms with E-state index in [9.17, 15) is 14.7 Å². The minimum atomic E-state index is -0.333. The average Bonchev–Trinajstić information content (AvgIpc) is 3.22. The number of aliphatic hydroxyl groups is 1. The molecule has 0 aliphatic heterocycles. The van der Waals surface area contributed by atoms with Gasteiger partial charge in [-0.15, -0.1) is 0 Å². The number of rotatable bonds is 44. The van der Waals surface area contributed by atoms with Gasteiger partial charge in [-0.25, -0.2) is 0 Å². The minimum absolute atomic E-state index is 0.118. The summed E-state index contributed by atoms with van der Waals surface area (Å²) < 4.78 is 35.3. The summed E-state index contributed by atoms with van der Waals surface area (Å²) in [6, 6.07) is 0. The van der Waals surface area contributed by atoms with Crippen LogP contribution in [0, 0.1) is 23.7 Å². The lowest BCUT2D eigenvalue weighted by molar-refractivity contribution is -0.163. The van der Waals surface area contributed by atoms with Crippen molar-refractivity contribution in [1.82, 2.24) is 4.90 Å². The number of hydrogen-bond donors (Lipinski definition) is 1. The molecule has 346 valence electrons. The third-order valence-corrected chi connectivity index (χ3v) is 11.7. The molecule has 0 radical (unpaired) electrons. The first kappa shape index (κ1) is 56.7. The fourth-order valence-electron chi connectivity index (χ4n) is 6.55. The molecule has 58 heavy (non-hydrogen) atoms. The third-order valence-electron chi connectivity index (χ3n) is 11.7. The minimum Gasteiger partial charge on any atom is -0.465 e. The molecule has 0 saturated heterocycles. The highest BCUT2D eigenvalue weighted by Crippen LogP contribution is 2.16. The summed E-state index contributed by atoms with van der Waals surface area (Å²) in [5.74, 6) is 2.47. The van der Waals surface area contributed by atoms with Gasteiger partial charge >= 0.3 is 11.9 Å². The zero-order valence-electron chi connectivity index (χ0n) is 39.3. The fourth-order valence-corrected chi connectivity index (χ4v) is 6.55. The van der Waals surface area contributed by atoms with E-state index in [1.807, 2.05) is 0 Å². The molecule has 0 saturated carbocycles. The Bertz CT molecular complexity index is 804. The smallest absolute Gasteiger partial charge is 0.305 e. The lowest BCUT2D eigenvalue weighted by Crippen LogP contribution is -2.29. The van der Waals surface area contributed by atoms with E-state index in [2.05, 4.69) is 60.3 Å². The first-order valence-corrected chi connectivity index (χ1v) is 24.2. The zero-order valence-corrected chi connectivity index (χ0v) is 39.3. The monoisotopic (exact) mass is 830 g/mol. The Balaban J connectivity index is 4.30. The van der Waals surface area contributed by atoms with Crippen LogP contribution in [0.3, 0.4) is 0 Å². The van der Waals surface area contributed by atoms with Crippen LogP contribution in [-0.2, 0) is 38.0 Å². The van der Waals surface area contributed by atoms with Crippen molar-refractivity contribution in [1.29, 1.82) is 0 Å². The molecule has 0 bridgehead atoms. The topological polar surface area (TPSA) is 113 Å². The van der Waals surface area contributed by atoms with Crippen LogP contribution in [0.4, 0.5) is 0 Å². The van der Waals surface area contributed by atoms with Crippen LogP contribution in [-0.4, -0.2) is 100 Å². The lowest BCUT2D eigenvalue weighted by atomic mass is 10.0. The predicted octanol–water partition coefficient (Wildman–Crippen LogP) is 11.3. The van der Waals surface area contributed by atoms with Crippen molar-refractivity contribution in [2.45, 2.75) is 209 Å². The van der Waals surface area contributed by atoms with Gasteiger partial charge in [-0.2, -0.15) is 0 Å². The second-order valence-corrected chi connectivity index (χ2v) is 17.2. The van der Waals surface area contributed by atoms with Crippen molar-refractivity contribution in [3.8, 4) is 0 Å². The summed E-state index contributed by atoms with van der Waals surface area (Å²) in [5.41, 5.74) is 0. The Labute approximate surface area is 357 Å². The molecule has 0 aliphatic rings. The summed E-state index contributed by atoms with van der Waals surface area (Å²) in [7, 11) is 0. The lowest BCUT2D eigenvalue weighted by Gasteiger charge is -2.21. The molecule has 0 aromatic carbocycles. The van der Waals surface area contributed by atoms with Crippen molar-refractivity contribution in [3.05, 3.63) is 0 Å². The molecule has 0 aromatic heterocycles. The molecular weight excluding hydrogens is 735 g/mol. The van der Waals surface area contributed by atoms with E-state index in [-0.39, 0.29) is 31.1 Å². The maximum Gasteiger partial charge on any atom is 0.305 e. The Morgan fingerprint density at radius 3 is 1.05 bits per heavy atom. The van der Waals surface area contributed by atoms with Gasteiger partial charge in [0.05, 0.1) is 19.8 Å². The van der Waals surface area contributed by atoms with Gasteiger partial charge in [0.15, 0.2) is 12.6 Å². The molecule has 0 aromatic rings. The molecule has 4 atom stereocenters. The van der Waals surface area contributed by atoms with Crippen LogP contribution in [0.25, 0.3) is 0 Å². The van der Waals surface area contributed by atoms with E-state index in [0.717, 1.165) is 103 Å². The molecule has 0 heterocycles. The average molecular weight is 830 g/mol. The van der Waals surface area contributed by atoms with Gasteiger partial charge in [0, 0.05) is 58.7 Å². The maximum absolute atomic E-state index is 12.5. The van der Waals surface area contributed by atoms with Crippen LogP contribution < -0.4 is 0 Å². The predicted molar refractivity (Wildman–Crippen MR) is 238 cm³/mol. The zero-order chi connectivity index (χ0) is 43.1. The highest BCUT2D eigenvalue weighted by Gasteiger charge is 2.15. The van der Waals surface area contributed by atoms with Gasteiger partial charge in [-0.05, 0) is 114 Å². The third kappa shape index (κ3) is 36.5. The van der Waals surface area contributed by atoms with Crippen molar-refractivity contribution in [3.63, 3.8) is 0 Å². The molecule has 4 unspecified atom stereocenters. The summed E-state index contributed by atoms with van der Waals surface area (Å²) in [4.78, 5) is 27.2. The molecule has 1 N–H and O–H groups in total. The second kappa shape index (κ2) is 41.1. The van der Waals surface area contributed by atoms with E-state index >= 15 is 0 Å². The molecule has 10 heteroatoms. The van der Waals surface area contributed by atoms with Crippen LogP contribution in [0.2, 0.25) is 0 Å². The Kier molecular flexibility index (Phi) is 40.2. The van der Waals surface area contributed by atoms with E-state index in [1.54, 1.807) is 0 Å². The standard InChI is InChI=1S/C48H95NO9/c1-9-41(5)23-19-35-55-47(56-36-20-24-42(6)10-2)29-39-53-45(51)27-15-13-17-31-49(33-34-50)32-18-14-16-28-46(52)54-40-30-48(57-37-21-25-43(7)11-3)58-38-22-26-44(8)12-4/h41-44,47-48,50H,9-40H2,1-8H3. The van der Waals surface area contributed by atoms with Crippen LogP contribution in [0.1, 0.15) is 197 Å². The van der Waals surface area contributed by atoms with Crippen LogP contribution in [0.5, 0.6) is 0 Å². The van der Waals surface area contributed by atoms with Crippen molar-refractivity contribution < 1.29 is 43.1 Å². The number of carbonyl (C=O) groups excluding carboxylic acids is 2. The largest absolute Gasteiger partial charge is 0.465 e. The van der Waals surface area contributed by atoms with E-state index < -0.39 is 0 Å². The highest BCUT2D eigenvalue weighted by molar-refractivity contribution is 5.69. The quantitative estimate of drug-likeness (QED) is 0.0362. The second-order valence-electron chi connectivity index (χ2n) is 17.2. The molecule has 0 amide bonds. The molecule has 0 rings (SSSR count). The van der Waals surface area contributed by atoms with Gasteiger partial charge in [-0.1, -0.05) is 93.9 Å². The number of nitrogens with zero attached hydrogens (tertiary/aromatic N) is 1. The van der Waals surface area contributed by atoms with Gasteiger partial charge in [0.25, 0.3) is 0 Å². The van der Waals surface area contributed by atoms with Crippen LogP contribution in [0.15, 0.2) is 0 Å². The number of esters is 2. The molecule has 0 fully saturated rings. The number of aliphatic hydroxyl groups excluding tert-OH is 1. The summed E-state index contributed by atoms with van der Waals surface area (Å²) in [6.07, 6.45) is 20.0. The summed E-state index contributed by atoms with van der Waals surface area (Å²) >= 11 is 0. The maximum atomic E-state index is 12.5. The number of ether oxygens (including phenoxy) is 6. The molecule has 0 aliphatic carbocycles. The van der Waals surface area contributed by atoms with Crippen molar-refractivity contribution in [2.75, 3.05) is 65.9 Å². The first-order chi connectivity index (χ1) is 28.1. The Morgan fingerprint density at radius 2 is 0.759 bits per heavy atom. The molecule has 10 nitrogen and oxygen atoms in total. The van der Waals surface area contributed by atoms with Gasteiger partial charge in [0.1, 0.15) is 0 Å². The normalized spacial score (nSPS) is 14.9. The SMILES string of the molecule is CCC(C)CCCOC(CCOC(=O)CCCCCN(CCO)CCCCCC(=O)OCCC(OCCCC(C)CC)OCCCC(C)CC)OCCCC(C)CC. The summed E-state index contributed by atoms with van der Waals surface area (Å²) in [6.45, 7) is 23.8. The van der Waals surface area contributed by atoms with Gasteiger partial charge < -0.3 is 38.4 Å². The molecule has 0 spiro atoms. The molecular formula is C48H95NO9. The Hall–Kier alpha value is -1.30. The van der Waals surface area contributed by atoms with E-state index in [4.69, 9.17) is 28.4 Å². The first-order valence-electron chi connectivity index (χ1n) is 24.2. The van der Waals surface area contributed by atoms with Gasteiger partial charge in [0.2, 0.25) is 0 Å². The Morgan fingerprint density at radius 1 is 0.431 bits per heavy atom. The van der Waals surface area contributed by atoms with Crippen molar-refractivity contribution >= 4 is 11.9 Å². The van der Waals surface area contributed by atoms with E-state index in [0.29, 0.717) is 95.5 Å². The van der Waals surface area contributed by atoms with Crippen molar-refractivity contribution in [2.24, 2.45) is 23.7 Å².